The van der Waals surface area contributed by atoms with Gasteiger partial charge in [0.1, 0.15) is 4.21 Å². The van der Waals surface area contributed by atoms with Gasteiger partial charge in [-0.1, -0.05) is 39.7 Å². The van der Waals surface area contributed by atoms with Gasteiger partial charge in [0.2, 0.25) is 5.91 Å². The van der Waals surface area contributed by atoms with Gasteiger partial charge in [0, 0.05) is 34.4 Å². The molecule has 0 saturated carbocycles. The Morgan fingerprint density at radius 2 is 1.87 bits per heavy atom. The highest BCUT2D eigenvalue weighted by molar-refractivity contribution is 9.10. The number of benzene rings is 1. The molecule has 158 valence electrons. The van der Waals surface area contributed by atoms with E-state index in [0.717, 1.165) is 27.1 Å². The summed E-state index contributed by atoms with van der Waals surface area (Å²) >= 11 is 11.7. The SMILES string of the molecule is O=C(Nc1nc(-c2ccc(Br)cc2)cs1)C1CCN(S(=O)(=O)c2ccc(Cl)s2)CC1. The van der Waals surface area contributed by atoms with Crippen molar-refractivity contribution >= 4 is 71.3 Å². The third kappa shape index (κ3) is 4.79. The molecule has 4 rings (SSSR count). The van der Waals surface area contributed by atoms with Crippen molar-refractivity contribution in [2.45, 2.75) is 17.1 Å². The van der Waals surface area contributed by atoms with Gasteiger partial charge in [0.15, 0.2) is 5.13 Å². The molecule has 1 N–H and O–H groups in total. The first-order valence-corrected chi connectivity index (χ1v) is 13.4. The number of nitrogens with zero attached hydrogens (tertiary/aromatic N) is 2. The Labute approximate surface area is 196 Å². The van der Waals surface area contributed by atoms with E-state index in [1.165, 1.54) is 21.7 Å². The fourth-order valence-electron chi connectivity index (χ4n) is 3.21. The molecule has 11 heteroatoms. The Kier molecular flexibility index (Phi) is 6.61. The molecule has 1 aliphatic heterocycles. The summed E-state index contributed by atoms with van der Waals surface area (Å²) in [5.74, 6) is -0.369. The molecule has 3 heterocycles. The van der Waals surface area contributed by atoms with Gasteiger partial charge in [-0.3, -0.25) is 4.79 Å². The van der Waals surface area contributed by atoms with Gasteiger partial charge in [-0.25, -0.2) is 13.4 Å². The molecule has 30 heavy (non-hydrogen) atoms. The summed E-state index contributed by atoms with van der Waals surface area (Å²) in [6.07, 6.45) is 0.935. The Bertz CT molecular complexity index is 1150. The highest BCUT2D eigenvalue weighted by atomic mass is 79.9. The number of carbonyl (C=O) groups excluding carboxylic acids is 1. The van der Waals surface area contributed by atoms with Gasteiger partial charge in [-0.2, -0.15) is 4.31 Å². The number of thiazole rings is 1. The number of aromatic nitrogens is 1. The van der Waals surface area contributed by atoms with Crippen LogP contribution in [0.15, 0.2) is 50.5 Å². The number of nitrogens with one attached hydrogen (secondary N) is 1. The molecule has 3 aromatic rings. The topological polar surface area (TPSA) is 79.4 Å². The summed E-state index contributed by atoms with van der Waals surface area (Å²) in [4.78, 5) is 17.1. The molecule has 1 amide bonds. The summed E-state index contributed by atoms with van der Waals surface area (Å²) in [6.45, 7) is 0.607. The van der Waals surface area contributed by atoms with Crippen molar-refractivity contribution in [2.24, 2.45) is 5.92 Å². The van der Waals surface area contributed by atoms with Gasteiger partial charge in [-0.05, 0) is 37.1 Å². The van der Waals surface area contributed by atoms with Crippen LogP contribution in [0, 0.1) is 5.92 Å². The van der Waals surface area contributed by atoms with Gasteiger partial charge in [0.25, 0.3) is 10.0 Å². The second-order valence-electron chi connectivity index (χ2n) is 6.77. The van der Waals surface area contributed by atoms with Gasteiger partial charge >= 0.3 is 0 Å². The summed E-state index contributed by atoms with van der Waals surface area (Å²) < 4.78 is 28.5. The molecule has 0 spiro atoms. The van der Waals surface area contributed by atoms with Crippen molar-refractivity contribution in [1.29, 1.82) is 0 Å². The second kappa shape index (κ2) is 9.05. The molecule has 0 radical (unpaired) electrons. The molecule has 0 atom stereocenters. The number of rotatable bonds is 5. The van der Waals surface area contributed by atoms with Crippen LogP contribution in [0.3, 0.4) is 0 Å². The molecular formula is C19H17BrClN3O3S3. The van der Waals surface area contributed by atoms with E-state index in [1.54, 1.807) is 6.07 Å². The van der Waals surface area contributed by atoms with Crippen LogP contribution in [0.5, 0.6) is 0 Å². The Hall–Kier alpha value is -1.30. The summed E-state index contributed by atoms with van der Waals surface area (Å²) in [6, 6.07) is 10.9. The summed E-state index contributed by atoms with van der Waals surface area (Å²) in [7, 11) is -3.56. The minimum Gasteiger partial charge on any atom is -0.302 e. The number of hydrogen-bond donors (Lipinski definition) is 1. The zero-order valence-electron chi connectivity index (χ0n) is 15.5. The first-order valence-electron chi connectivity index (χ1n) is 9.11. The highest BCUT2D eigenvalue weighted by Gasteiger charge is 2.33. The molecule has 0 aliphatic carbocycles. The molecule has 1 aromatic carbocycles. The van der Waals surface area contributed by atoms with Crippen LogP contribution in [-0.2, 0) is 14.8 Å². The maximum atomic E-state index is 12.7. The van der Waals surface area contributed by atoms with Gasteiger partial charge in [-0.15, -0.1) is 22.7 Å². The van der Waals surface area contributed by atoms with Crippen molar-refractivity contribution in [3.63, 3.8) is 0 Å². The van der Waals surface area contributed by atoms with Crippen molar-refractivity contribution in [3.05, 3.63) is 50.6 Å². The number of halogens is 2. The van der Waals surface area contributed by atoms with Crippen LogP contribution in [0.25, 0.3) is 11.3 Å². The number of sulfonamides is 1. The number of hydrogen-bond acceptors (Lipinski definition) is 6. The molecule has 6 nitrogen and oxygen atoms in total. The zero-order chi connectivity index (χ0) is 21.3. The quantitative estimate of drug-likeness (QED) is 0.469. The summed E-state index contributed by atoms with van der Waals surface area (Å²) in [5, 5.41) is 5.32. The first kappa shape index (κ1) is 21.9. The standard InChI is InChI=1S/C19H17BrClN3O3S3/c20-14-3-1-12(2-4-14)15-11-28-19(22-15)23-18(25)13-7-9-24(10-8-13)30(26,27)17-6-5-16(21)29-17/h1-6,11,13H,7-10H2,(H,22,23,25). The molecule has 1 fully saturated rings. The lowest BCUT2D eigenvalue weighted by Gasteiger charge is -2.29. The lowest BCUT2D eigenvalue weighted by molar-refractivity contribution is -0.120. The fourth-order valence-corrected chi connectivity index (χ4v) is 7.31. The molecule has 1 saturated heterocycles. The number of piperidine rings is 1. The summed E-state index contributed by atoms with van der Waals surface area (Å²) in [5.41, 5.74) is 1.78. The number of carbonyl (C=O) groups is 1. The second-order valence-corrected chi connectivity index (χ2v) is 12.4. The minimum absolute atomic E-state index is 0.122. The van der Waals surface area contributed by atoms with Crippen LogP contribution in [0.2, 0.25) is 4.34 Å². The largest absolute Gasteiger partial charge is 0.302 e. The lowest BCUT2D eigenvalue weighted by Crippen LogP contribution is -2.41. The van der Waals surface area contributed by atoms with Crippen molar-refractivity contribution in [3.8, 4) is 11.3 Å². The van der Waals surface area contributed by atoms with Crippen molar-refractivity contribution in [2.75, 3.05) is 18.4 Å². The predicted octanol–water partition coefficient (Wildman–Crippen LogP) is 5.33. The van der Waals surface area contributed by atoms with E-state index in [9.17, 15) is 13.2 Å². The molecular weight excluding hydrogens is 530 g/mol. The molecule has 0 bridgehead atoms. The van der Waals surface area contributed by atoms with E-state index >= 15 is 0 Å². The molecule has 2 aromatic heterocycles. The lowest BCUT2D eigenvalue weighted by atomic mass is 9.97. The number of amides is 1. The molecule has 1 aliphatic rings. The fraction of sp³-hybridized carbons (Fsp3) is 0.263. The zero-order valence-corrected chi connectivity index (χ0v) is 20.3. The van der Waals surface area contributed by atoms with Gasteiger partial charge in [0.05, 0.1) is 10.0 Å². The monoisotopic (exact) mass is 545 g/mol. The third-order valence-corrected chi connectivity index (χ3v) is 9.73. The van der Waals surface area contributed by atoms with Crippen LogP contribution in [0.4, 0.5) is 5.13 Å². The van der Waals surface area contributed by atoms with Crippen LogP contribution < -0.4 is 5.32 Å². The van der Waals surface area contributed by atoms with Crippen molar-refractivity contribution < 1.29 is 13.2 Å². The smallest absolute Gasteiger partial charge is 0.252 e. The maximum absolute atomic E-state index is 12.7. The number of anilines is 1. The third-order valence-electron chi connectivity index (χ3n) is 4.84. The van der Waals surface area contributed by atoms with Gasteiger partial charge < -0.3 is 5.32 Å². The van der Waals surface area contributed by atoms with E-state index < -0.39 is 10.0 Å². The van der Waals surface area contributed by atoms with E-state index in [0.29, 0.717) is 35.4 Å². The van der Waals surface area contributed by atoms with E-state index in [2.05, 4.69) is 26.2 Å². The van der Waals surface area contributed by atoms with Crippen LogP contribution >= 0.6 is 50.2 Å². The normalized spacial score (nSPS) is 15.9. The Balaban J connectivity index is 1.35. The maximum Gasteiger partial charge on any atom is 0.252 e. The van der Waals surface area contributed by atoms with E-state index in [4.69, 9.17) is 11.6 Å². The highest BCUT2D eigenvalue weighted by Crippen LogP contribution is 2.31. The average molecular weight is 547 g/mol. The van der Waals surface area contributed by atoms with Crippen LogP contribution in [0.1, 0.15) is 12.8 Å². The average Bonchev–Trinajstić information content (AvgIpc) is 3.38. The van der Waals surface area contributed by atoms with E-state index in [1.807, 2.05) is 29.6 Å². The Morgan fingerprint density at radius 3 is 2.50 bits per heavy atom. The van der Waals surface area contributed by atoms with E-state index in [-0.39, 0.29) is 16.0 Å². The molecule has 0 unspecified atom stereocenters. The minimum atomic E-state index is -3.56. The first-order chi connectivity index (χ1) is 14.3. The predicted molar refractivity (Wildman–Crippen MR) is 125 cm³/mol. The van der Waals surface area contributed by atoms with Crippen molar-refractivity contribution in [1.82, 2.24) is 9.29 Å². The Morgan fingerprint density at radius 1 is 1.17 bits per heavy atom. The van der Waals surface area contributed by atoms with Crippen LogP contribution in [-0.4, -0.2) is 36.7 Å². The number of thiophene rings is 1.